The van der Waals surface area contributed by atoms with Gasteiger partial charge in [-0.05, 0) is 31.4 Å². The van der Waals surface area contributed by atoms with E-state index < -0.39 is 11.9 Å². The van der Waals surface area contributed by atoms with Crippen LogP contribution in [0.3, 0.4) is 0 Å². The summed E-state index contributed by atoms with van der Waals surface area (Å²) in [7, 11) is 0. The molecule has 1 aliphatic heterocycles. The predicted octanol–water partition coefficient (Wildman–Crippen LogP) is 0.559. The Balaban J connectivity index is 2.04. The molecule has 2 rings (SSSR count). The number of nitrogens with zero attached hydrogens (tertiary/aromatic N) is 2. The van der Waals surface area contributed by atoms with Crippen LogP contribution in [0.25, 0.3) is 0 Å². The number of anilines is 1. The van der Waals surface area contributed by atoms with Crippen LogP contribution in [0.1, 0.15) is 28.8 Å². The zero-order valence-corrected chi connectivity index (χ0v) is 11.9. The van der Waals surface area contributed by atoms with Crippen LogP contribution in [0, 0.1) is 6.92 Å². The summed E-state index contributed by atoms with van der Waals surface area (Å²) >= 11 is 0. The minimum atomic E-state index is -0.964. The number of carbonyl (C=O) groups is 2. The molecular weight excluding hydrogens is 274 g/mol. The van der Waals surface area contributed by atoms with E-state index in [1.807, 2.05) is 11.8 Å². The summed E-state index contributed by atoms with van der Waals surface area (Å²) in [5.74, 6) is -0.854. The van der Waals surface area contributed by atoms with Crippen molar-refractivity contribution in [2.75, 3.05) is 24.6 Å². The van der Waals surface area contributed by atoms with Crippen LogP contribution in [-0.2, 0) is 9.53 Å². The Labute approximate surface area is 122 Å². The van der Waals surface area contributed by atoms with Crippen molar-refractivity contribution in [2.24, 2.45) is 5.73 Å². The van der Waals surface area contributed by atoms with Crippen molar-refractivity contribution in [3.8, 4) is 0 Å². The summed E-state index contributed by atoms with van der Waals surface area (Å²) < 4.78 is 5.29. The molecule has 1 aromatic heterocycles. The first-order valence-corrected chi connectivity index (χ1v) is 6.82. The number of primary amides is 1. The lowest BCUT2D eigenvalue weighted by Crippen LogP contribution is -2.39. The Kier molecular flexibility index (Phi) is 4.74. The van der Waals surface area contributed by atoms with Gasteiger partial charge in [0.25, 0.3) is 5.91 Å². The van der Waals surface area contributed by atoms with Crippen LogP contribution >= 0.6 is 0 Å². The number of carbonyl (C=O) groups excluding carboxylic acids is 1. The fraction of sp³-hybridized carbons (Fsp3) is 0.500. The van der Waals surface area contributed by atoms with Crippen molar-refractivity contribution in [1.82, 2.24) is 4.98 Å². The molecule has 0 atom stereocenters. The number of rotatable bonds is 5. The molecule has 0 saturated carbocycles. The number of hydrogen-bond acceptors (Lipinski definition) is 5. The lowest BCUT2D eigenvalue weighted by molar-refractivity contribution is -0.144. The standard InChI is InChI=1S/C14H19N3O4/c1-9-2-5-16-14(12(9)13(15)20)17-6-3-10(4-7-17)21-8-11(18)19/h2,5,10H,3-4,6-8H2,1H3,(H2,15,20)(H,18,19). The van der Waals surface area contributed by atoms with Gasteiger partial charge in [-0.25, -0.2) is 9.78 Å². The summed E-state index contributed by atoms with van der Waals surface area (Å²) in [6.07, 6.45) is 2.98. The number of piperidine rings is 1. The highest BCUT2D eigenvalue weighted by molar-refractivity contribution is 5.99. The van der Waals surface area contributed by atoms with Crippen LogP contribution in [0.5, 0.6) is 0 Å². The van der Waals surface area contributed by atoms with Gasteiger partial charge in [0.1, 0.15) is 12.4 Å². The second kappa shape index (κ2) is 6.53. The van der Waals surface area contributed by atoms with Gasteiger partial charge in [-0.1, -0.05) is 0 Å². The fourth-order valence-corrected chi connectivity index (χ4v) is 2.51. The maximum absolute atomic E-state index is 11.6. The lowest BCUT2D eigenvalue weighted by Gasteiger charge is -2.33. The Morgan fingerprint density at radius 1 is 1.48 bits per heavy atom. The molecule has 0 radical (unpaired) electrons. The summed E-state index contributed by atoms with van der Waals surface area (Å²) in [5, 5.41) is 8.61. The molecule has 0 unspecified atom stereocenters. The van der Waals surface area contributed by atoms with Crippen molar-refractivity contribution in [1.29, 1.82) is 0 Å². The molecule has 0 aliphatic carbocycles. The Morgan fingerprint density at radius 2 is 2.14 bits per heavy atom. The number of aromatic nitrogens is 1. The minimum Gasteiger partial charge on any atom is -0.480 e. The second-order valence-corrected chi connectivity index (χ2v) is 5.08. The van der Waals surface area contributed by atoms with Crippen LogP contribution in [0.15, 0.2) is 12.3 Å². The normalized spacial score (nSPS) is 16.0. The molecule has 114 valence electrons. The number of hydrogen-bond donors (Lipinski definition) is 2. The first-order chi connectivity index (χ1) is 9.99. The van der Waals surface area contributed by atoms with E-state index in [0.29, 0.717) is 37.3 Å². The van der Waals surface area contributed by atoms with Gasteiger partial charge in [-0.3, -0.25) is 4.79 Å². The quantitative estimate of drug-likeness (QED) is 0.821. The van der Waals surface area contributed by atoms with E-state index in [4.69, 9.17) is 15.6 Å². The first kappa shape index (κ1) is 15.2. The number of amides is 1. The molecule has 1 saturated heterocycles. The van der Waals surface area contributed by atoms with E-state index in [1.54, 1.807) is 12.3 Å². The largest absolute Gasteiger partial charge is 0.480 e. The fourth-order valence-electron chi connectivity index (χ4n) is 2.51. The van der Waals surface area contributed by atoms with Gasteiger partial charge < -0.3 is 20.5 Å². The third-order valence-electron chi connectivity index (χ3n) is 3.57. The SMILES string of the molecule is Cc1ccnc(N2CCC(OCC(=O)O)CC2)c1C(N)=O. The third-order valence-corrected chi connectivity index (χ3v) is 3.57. The van der Waals surface area contributed by atoms with E-state index >= 15 is 0 Å². The number of carboxylic acids is 1. The van der Waals surface area contributed by atoms with Crippen LogP contribution in [-0.4, -0.2) is 47.8 Å². The lowest BCUT2D eigenvalue weighted by atomic mass is 10.0. The number of aryl methyl sites for hydroxylation is 1. The van der Waals surface area contributed by atoms with Gasteiger partial charge >= 0.3 is 5.97 Å². The summed E-state index contributed by atoms with van der Waals surface area (Å²) in [4.78, 5) is 28.3. The average molecular weight is 293 g/mol. The molecule has 7 nitrogen and oxygen atoms in total. The van der Waals surface area contributed by atoms with Gasteiger partial charge in [0, 0.05) is 19.3 Å². The molecule has 2 heterocycles. The molecule has 7 heteroatoms. The first-order valence-electron chi connectivity index (χ1n) is 6.82. The maximum atomic E-state index is 11.6. The highest BCUT2D eigenvalue weighted by atomic mass is 16.5. The highest BCUT2D eigenvalue weighted by Crippen LogP contribution is 2.24. The molecule has 1 amide bonds. The van der Waals surface area contributed by atoms with Crippen molar-refractivity contribution in [3.63, 3.8) is 0 Å². The van der Waals surface area contributed by atoms with Crippen LogP contribution < -0.4 is 10.6 Å². The minimum absolute atomic E-state index is 0.0702. The summed E-state index contributed by atoms with van der Waals surface area (Å²) in [6.45, 7) is 2.86. The van der Waals surface area contributed by atoms with Gasteiger partial charge in [-0.15, -0.1) is 0 Å². The number of ether oxygens (including phenoxy) is 1. The highest BCUT2D eigenvalue weighted by Gasteiger charge is 2.24. The molecule has 1 fully saturated rings. The number of carboxylic acid groups (broad SMARTS) is 1. The van der Waals surface area contributed by atoms with E-state index in [-0.39, 0.29) is 12.7 Å². The smallest absolute Gasteiger partial charge is 0.329 e. The molecule has 0 spiro atoms. The van der Waals surface area contributed by atoms with Crippen LogP contribution in [0.4, 0.5) is 5.82 Å². The molecule has 21 heavy (non-hydrogen) atoms. The second-order valence-electron chi connectivity index (χ2n) is 5.08. The zero-order chi connectivity index (χ0) is 15.4. The maximum Gasteiger partial charge on any atom is 0.329 e. The zero-order valence-electron chi connectivity index (χ0n) is 11.9. The Morgan fingerprint density at radius 3 is 2.71 bits per heavy atom. The summed E-state index contributed by atoms with van der Waals surface area (Å²) in [5.41, 5.74) is 6.68. The molecule has 0 bridgehead atoms. The van der Waals surface area contributed by atoms with Gasteiger partial charge in [0.2, 0.25) is 0 Å². The average Bonchev–Trinajstić information content (AvgIpc) is 2.45. The molecule has 0 aromatic carbocycles. The number of pyridine rings is 1. The van der Waals surface area contributed by atoms with Crippen molar-refractivity contribution < 1.29 is 19.4 Å². The predicted molar refractivity (Wildman–Crippen MR) is 76.3 cm³/mol. The van der Waals surface area contributed by atoms with Crippen molar-refractivity contribution in [2.45, 2.75) is 25.9 Å². The van der Waals surface area contributed by atoms with Crippen LogP contribution in [0.2, 0.25) is 0 Å². The summed E-state index contributed by atoms with van der Waals surface area (Å²) in [6, 6.07) is 1.76. The van der Waals surface area contributed by atoms with Gasteiger partial charge in [0.05, 0.1) is 11.7 Å². The van der Waals surface area contributed by atoms with Crippen molar-refractivity contribution >= 4 is 17.7 Å². The molecule has 1 aliphatic rings. The van der Waals surface area contributed by atoms with Gasteiger partial charge in [-0.2, -0.15) is 0 Å². The van der Waals surface area contributed by atoms with E-state index in [9.17, 15) is 9.59 Å². The number of nitrogens with two attached hydrogens (primary N) is 1. The molecule has 3 N–H and O–H groups in total. The Bertz CT molecular complexity index is 539. The molecular formula is C14H19N3O4. The third kappa shape index (κ3) is 3.69. The van der Waals surface area contributed by atoms with E-state index in [2.05, 4.69) is 4.98 Å². The molecule has 1 aromatic rings. The topological polar surface area (TPSA) is 106 Å². The Hall–Kier alpha value is -2.15. The number of aliphatic carboxylic acids is 1. The van der Waals surface area contributed by atoms with E-state index in [0.717, 1.165) is 5.56 Å². The van der Waals surface area contributed by atoms with Crippen molar-refractivity contribution in [3.05, 3.63) is 23.4 Å². The van der Waals surface area contributed by atoms with Gasteiger partial charge in [0.15, 0.2) is 0 Å². The monoisotopic (exact) mass is 293 g/mol. The van der Waals surface area contributed by atoms with E-state index in [1.165, 1.54) is 0 Å².